The van der Waals surface area contributed by atoms with Gasteiger partial charge in [-0.1, -0.05) is 35.7 Å². The lowest BCUT2D eigenvalue weighted by Gasteiger charge is -2.15. The van der Waals surface area contributed by atoms with Crippen LogP contribution in [0.1, 0.15) is 37.8 Å². The molecule has 0 spiro atoms. The fraction of sp³-hybridized carbons (Fsp3) is 0.455. The highest BCUT2D eigenvalue weighted by molar-refractivity contribution is 9.11. The molecule has 0 unspecified atom stereocenters. The number of hydrogen-bond acceptors (Lipinski definition) is 2. The topological polar surface area (TPSA) is 52.0 Å². The highest BCUT2D eigenvalue weighted by atomic mass is 79.9. The van der Waals surface area contributed by atoms with Gasteiger partial charge in [0.15, 0.2) is 0 Å². The average Bonchev–Trinajstić information content (AvgIpc) is 2.19. The predicted molar refractivity (Wildman–Crippen MR) is 80.0 cm³/mol. The van der Waals surface area contributed by atoms with Crippen molar-refractivity contribution in [1.82, 2.24) is 0 Å². The van der Waals surface area contributed by atoms with Gasteiger partial charge in [-0.05, 0) is 40.0 Å². The standard InChI is InChI=1S/C11H16Br2N2.ClH/c1-2-3-4-10(14)8-5-7(12)6-9(13)11(8)15;/h5-6,10H,2-4,14-15H2,1H3;1H/t10-;/m1./s1. The summed E-state index contributed by atoms with van der Waals surface area (Å²) in [6.07, 6.45) is 3.26. The van der Waals surface area contributed by atoms with E-state index in [9.17, 15) is 0 Å². The molecule has 5 heteroatoms. The van der Waals surface area contributed by atoms with Crippen LogP contribution in [0.5, 0.6) is 0 Å². The third-order valence-corrected chi connectivity index (χ3v) is 3.51. The van der Waals surface area contributed by atoms with Gasteiger partial charge in [0, 0.05) is 15.0 Å². The molecule has 0 amide bonds. The van der Waals surface area contributed by atoms with Gasteiger partial charge in [-0.2, -0.15) is 0 Å². The molecule has 4 N–H and O–H groups in total. The number of anilines is 1. The summed E-state index contributed by atoms with van der Waals surface area (Å²) in [6.45, 7) is 2.16. The largest absolute Gasteiger partial charge is 0.398 e. The van der Waals surface area contributed by atoms with Crippen LogP contribution in [-0.2, 0) is 0 Å². The third kappa shape index (κ3) is 4.24. The number of nitrogen functional groups attached to an aromatic ring is 1. The number of nitrogens with two attached hydrogens (primary N) is 2. The molecule has 0 aliphatic heterocycles. The van der Waals surface area contributed by atoms with Crippen molar-refractivity contribution >= 4 is 50.0 Å². The van der Waals surface area contributed by atoms with Crippen LogP contribution in [-0.4, -0.2) is 0 Å². The lowest BCUT2D eigenvalue weighted by Crippen LogP contribution is -2.12. The van der Waals surface area contributed by atoms with E-state index in [1.165, 1.54) is 0 Å². The number of halogens is 3. The normalized spacial score (nSPS) is 12.0. The minimum Gasteiger partial charge on any atom is -0.398 e. The maximum atomic E-state index is 6.10. The molecule has 0 fully saturated rings. The second kappa shape index (κ2) is 7.54. The first-order valence-electron chi connectivity index (χ1n) is 5.06. The molecule has 2 nitrogen and oxygen atoms in total. The van der Waals surface area contributed by atoms with Crippen LogP contribution in [0, 0.1) is 0 Å². The van der Waals surface area contributed by atoms with Crippen molar-refractivity contribution in [3.05, 3.63) is 26.6 Å². The summed E-state index contributed by atoms with van der Waals surface area (Å²) in [4.78, 5) is 0. The Morgan fingerprint density at radius 3 is 2.50 bits per heavy atom. The molecule has 1 atom stereocenters. The Morgan fingerprint density at radius 2 is 1.94 bits per heavy atom. The van der Waals surface area contributed by atoms with Gasteiger partial charge in [0.05, 0.1) is 5.69 Å². The first kappa shape index (κ1) is 16.2. The first-order chi connectivity index (χ1) is 7.06. The van der Waals surface area contributed by atoms with Crippen molar-refractivity contribution in [2.45, 2.75) is 32.2 Å². The molecule has 0 aromatic heterocycles. The minimum atomic E-state index is 0. The minimum absolute atomic E-state index is 0. The molecular weight excluding hydrogens is 355 g/mol. The Balaban J connectivity index is 0.00000225. The molecule has 0 saturated carbocycles. The van der Waals surface area contributed by atoms with Gasteiger partial charge in [-0.25, -0.2) is 0 Å². The smallest absolute Gasteiger partial charge is 0.0507 e. The molecule has 0 aliphatic carbocycles. The summed E-state index contributed by atoms with van der Waals surface area (Å²) in [7, 11) is 0. The highest BCUT2D eigenvalue weighted by Gasteiger charge is 2.12. The van der Waals surface area contributed by atoms with Crippen molar-refractivity contribution < 1.29 is 0 Å². The Kier molecular flexibility index (Phi) is 7.64. The van der Waals surface area contributed by atoms with E-state index in [2.05, 4.69) is 38.8 Å². The van der Waals surface area contributed by atoms with E-state index in [0.29, 0.717) is 0 Å². The zero-order valence-corrected chi connectivity index (χ0v) is 13.2. The van der Waals surface area contributed by atoms with Crippen molar-refractivity contribution in [3.63, 3.8) is 0 Å². The van der Waals surface area contributed by atoms with Crippen LogP contribution in [0.2, 0.25) is 0 Å². The van der Waals surface area contributed by atoms with Crippen LogP contribution < -0.4 is 11.5 Å². The molecule has 0 aliphatic rings. The molecule has 0 heterocycles. The maximum Gasteiger partial charge on any atom is 0.0507 e. The van der Waals surface area contributed by atoms with E-state index in [0.717, 1.165) is 39.5 Å². The SMILES string of the molecule is CCCC[C@@H](N)c1cc(Br)cc(Br)c1N.Cl. The molecule has 0 saturated heterocycles. The van der Waals surface area contributed by atoms with Gasteiger partial charge in [0.2, 0.25) is 0 Å². The van der Waals surface area contributed by atoms with Crippen LogP contribution >= 0.6 is 44.3 Å². The van der Waals surface area contributed by atoms with Crippen LogP contribution in [0.15, 0.2) is 21.1 Å². The second-order valence-electron chi connectivity index (χ2n) is 3.64. The lowest BCUT2D eigenvalue weighted by atomic mass is 10.0. The third-order valence-electron chi connectivity index (χ3n) is 2.39. The molecule has 16 heavy (non-hydrogen) atoms. The fourth-order valence-electron chi connectivity index (χ4n) is 1.49. The summed E-state index contributed by atoms with van der Waals surface area (Å²) in [5.41, 5.74) is 13.8. The second-order valence-corrected chi connectivity index (χ2v) is 5.41. The van der Waals surface area contributed by atoms with Crippen LogP contribution in [0.4, 0.5) is 5.69 Å². The van der Waals surface area contributed by atoms with Gasteiger partial charge >= 0.3 is 0 Å². The van der Waals surface area contributed by atoms with Crippen LogP contribution in [0.3, 0.4) is 0 Å². The van der Waals surface area contributed by atoms with Gasteiger partial charge in [-0.3, -0.25) is 0 Å². The van der Waals surface area contributed by atoms with E-state index >= 15 is 0 Å². The van der Waals surface area contributed by atoms with E-state index < -0.39 is 0 Å². The summed E-state index contributed by atoms with van der Waals surface area (Å²) in [6, 6.07) is 3.96. The quantitative estimate of drug-likeness (QED) is 0.770. The van der Waals surface area contributed by atoms with Crippen molar-refractivity contribution in [3.8, 4) is 0 Å². The predicted octanol–water partition coefficient (Wildman–Crippen LogP) is 4.41. The molecule has 1 aromatic rings. The van der Waals surface area contributed by atoms with E-state index in [4.69, 9.17) is 11.5 Å². The van der Waals surface area contributed by atoms with E-state index in [1.54, 1.807) is 0 Å². The summed E-state index contributed by atoms with van der Waals surface area (Å²) in [5.74, 6) is 0. The molecular formula is C11H17Br2ClN2. The fourth-order valence-corrected chi connectivity index (χ4v) is 2.75. The molecule has 1 aromatic carbocycles. The number of rotatable bonds is 4. The van der Waals surface area contributed by atoms with Gasteiger partial charge in [0.1, 0.15) is 0 Å². The Hall–Kier alpha value is 0.230. The lowest BCUT2D eigenvalue weighted by molar-refractivity contribution is 0.604. The van der Waals surface area contributed by atoms with E-state index in [-0.39, 0.29) is 18.4 Å². The zero-order chi connectivity index (χ0) is 11.4. The van der Waals surface area contributed by atoms with Gasteiger partial charge in [0.25, 0.3) is 0 Å². The summed E-state index contributed by atoms with van der Waals surface area (Å²) in [5, 5.41) is 0. The molecule has 92 valence electrons. The van der Waals surface area contributed by atoms with Gasteiger partial charge in [-0.15, -0.1) is 12.4 Å². The van der Waals surface area contributed by atoms with Crippen molar-refractivity contribution in [1.29, 1.82) is 0 Å². The highest BCUT2D eigenvalue weighted by Crippen LogP contribution is 2.32. The molecule has 1 rings (SSSR count). The summed E-state index contributed by atoms with van der Waals surface area (Å²) < 4.78 is 1.91. The summed E-state index contributed by atoms with van der Waals surface area (Å²) >= 11 is 6.87. The Bertz CT molecular complexity index is 345. The first-order valence-corrected chi connectivity index (χ1v) is 6.64. The maximum absolute atomic E-state index is 6.10. The van der Waals surface area contributed by atoms with Crippen molar-refractivity contribution in [2.24, 2.45) is 5.73 Å². The zero-order valence-electron chi connectivity index (χ0n) is 9.17. The van der Waals surface area contributed by atoms with E-state index in [1.807, 2.05) is 12.1 Å². The average molecular weight is 373 g/mol. The van der Waals surface area contributed by atoms with Gasteiger partial charge < -0.3 is 11.5 Å². The monoisotopic (exact) mass is 370 g/mol. The Morgan fingerprint density at radius 1 is 1.31 bits per heavy atom. The number of benzene rings is 1. The van der Waals surface area contributed by atoms with Crippen molar-refractivity contribution in [2.75, 3.05) is 5.73 Å². The molecule has 0 bridgehead atoms. The Labute approximate surface area is 120 Å². The number of hydrogen-bond donors (Lipinski definition) is 2. The number of unbranched alkanes of at least 4 members (excludes halogenated alkanes) is 1. The van der Waals surface area contributed by atoms with Crippen LogP contribution in [0.25, 0.3) is 0 Å². The molecule has 0 radical (unpaired) electrons.